The summed E-state index contributed by atoms with van der Waals surface area (Å²) < 4.78 is 4.60. The summed E-state index contributed by atoms with van der Waals surface area (Å²) >= 11 is 5.96. The molecule has 6 heteroatoms. The molecule has 1 rings (SSSR count). The van der Waals surface area contributed by atoms with Crippen molar-refractivity contribution >= 4 is 29.2 Å². The Morgan fingerprint density at radius 3 is 2.53 bits per heavy atom. The summed E-state index contributed by atoms with van der Waals surface area (Å²) in [4.78, 5) is 23.2. The van der Waals surface area contributed by atoms with Gasteiger partial charge in [-0.1, -0.05) is 25.4 Å². The van der Waals surface area contributed by atoms with Gasteiger partial charge in [-0.05, 0) is 24.1 Å². The molecular formula is C13H17ClN2O3. The lowest BCUT2D eigenvalue weighted by molar-refractivity contribution is -0.118. The molecule has 1 atom stereocenters. The molecular weight excluding hydrogens is 268 g/mol. The van der Waals surface area contributed by atoms with E-state index < -0.39 is 12.0 Å². The van der Waals surface area contributed by atoms with Crippen LogP contribution in [-0.2, 0) is 9.53 Å². The second kappa shape index (κ2) is 6.54. The molecule has 0 heterocycles. The summed E-state index contributed by atoms with van der Waals surface area (Å²) in [6.07, 6.45) is 0. The third-order valence-corrected chi connectivity index (χ3v) is 3.00. The van der Waals surface area contributed by atoms with Crippen molar-refractivity contribution < 1.29 is 14.3 Å². The molecule has 1 amide bonds. The number of hydrogen-bond acceptors (Lipinski definition) is 4. The predicted molar refractivity (Wildman–Crippen MR) is 74.2 cm³/mol. The number of nitrogens with two attached hydrogens (primary N) is 1. The maximum atomic E-state index is 11.8. The largest absolute Gasteiger partial charge is 0.465 e. The molecule has 0 radical (unpaired) electrons. The number of anilines is 1. The number of carbonyl (C=O) groups is 2. The molecule has 0 aliphatic heterocycles. The minimum atomic E-state index is -0.641. The Hall–Kier alpha value is -1.59. The predicted octanol–water partition coefficient (Wildman–Crippen LogP) is 2.05. The zero-order chi connectivity index (χ0) is 14.6. The average molecular weight is 285 g/mol. The molecule has 0 saturated heterocycles. The third-order valence-electron chi connectivity index (χ3n) is 2.67. The molecule has 0 fully saturated rings. The van der Waals surface area contributed by atoms with E-state index in [-0.39, 0.29) is 11.8 Å². The number of ether oxygens (including phenoxy) is 1. The van der Waals surface area contributed by atoms with Gasteiger partial charge in [-0.15, -0.1) is 0 Å². The van der Waals surface area contributed by atoms with Crippen LogP contribution in [-0.4, -0.2) is 25.0 Å². The van der Waals surface area contributed by atoms with E-state index in [1.54, 1.807) is 0 Å². The monoisotopic (exact) mass is 284 g/mol. The number of carbonyl (C=O) groups excluding carboxylic acids is 2. The Kier molecular flexibility index (Phi) is 5.32. The van der Waals surface area contributed by atoms with Crippen molar-refractivity contribution in [3.8, 4) is 0 Å². The maximum absolute atomic E-state index is 11.8. The molecule has 1 aromatic carbocycles. The number of rotatable bonds is 4. The van der Waals surface area contributed by atoms with E-state index in [1.807, 2.05) is 13.8 Å². The van der Waals surface area contributed by atoms with Gasteiger partial charge in [0, 0.05) is 0 Å². The number of benzene rings is 1. The molecule has 0 aliphatic rings. The molecule has 104 valence electrons. The van der Waals surface area contributed by atoms with E-state index in [0.29, 0.717) is 16.3 Å². The van der Waals surface area contributed by atoms with Gasteiger partial charge in [0.15, 0.2) is 0 Å². The third kappa shape index (κ3) is 3.94. The average Bonchev–Trinajstić information content (AvgIpc) is 2.39. The lowest BCUT2D eigenvalue weighted by Gasteiger charge is -2.16. The highest BCUT2D eigenvalue weighted by Gasteiger charge is 2.19. The highest BCUT2D eigenvalue weighted by atomic mass is 35.5. The van der Waals surface area contributed by atoms with Crippen molar-refractivity contribution in [3.05, 3.63) is 28.8 Å². The van der Waals surface area contributed by atoms with Gasteiger partial charge < -0.3 is 15.8 Å². The van der Waals surface area contributed by atoms with Crippen LogP contribution in [0.4, 0.5) is 5.69 Å². The zero-order valence-corrected chi connectivity index (χ0v) is 11.8. The van der Waals surface area contributed by atoms with Gasteiger partial charge >= 0.3 is 5.97 Å². The van der Waals surface area contributed by atoms with Crippen LogP contribution in [0.3, 0.4) is 0 Å². The van der Waals surface area contributed by atoms with Crippen LogP contribution in [0.2, 0.25) is 5.02 Å². The molecule has 0 saturated carbocycles. The number of halogens is 1. The molecule has 3 N–H and O–H groups in total. The van der Waals surface area contributed by atoms with Crippen molar-refractivity contribution in [2.45, 2.75) is 19.9 Å². The van der Waals surface area contributed by atoms with Gasteiger partial charge in [0.25, 0.3) is 0 Å². The summed E-state index contributed by atoms with van der Waals surface area (Å²) in [5, 5.41) is 2.94. The van der Waals surface area contributed by atoms with Crippen LogP contribution in [0, 0.1) is 5.92 Å². The van der Waals surface area contributed by atoms with Crippen molar-refractivity contribution in [2.75, 3.05) is 12.4 Å². The number of amides is 1. The minimum Gasteiger partial charge on any atom is -0.465 e. The topological polar surface area (TPSA) is 81.4 Å². The highest BCUT2D eigenvalue weighted by Crippen LogP contribution is 2.23. The lowest BCUT2D eigenvalue weighted by Crippen LogP contribution is -2.39. The van der Waals surface area contributed by atoms with Gasteiger partial charge in [-0.25, -0.2) is 4.79 Å². The summed E-state index contributed by atoms with van der Waals surface area (Å²) in [6.45, 7) is 3.69. The summed E-state index contributed by atoms with van der Waals surface area (Å²) in [7, 11) is 1.28. The van der Waals surface area contributed by atoms with Crippen molar-refractivity contribution in [3.63, 3.8) is 0 Å². The van der Waals surface area contributed by atoms with Gasteiger partial charge in [0.1, 0.15) is 0 Å². The minimum absolute atomic E-state index is 0.00238. The molecule has 0 bridgehead atoms. The van der Waals surface area contributed by atoms with Crippen molar-refractivity contribution in [2.24, 2.45) is 11.7 Å². The first-order valence-corrected chi connectivity index (χ1v) is 6.19. The van der Waals surface area contributed by atoms with Crippen molar-refractivity contribution in [1.82, 2.24) is 0 Å². The molecule has 0 aromatic heterocycles. The van der Waals surface area contributed by atoms with Gasteiger partial charge in [0.2, 0.25) is 5.91 Å². The maximum Gasteiger partial charge on any atom is 0.337 e. The van der Waals surface area contributed by atoms with Crippen LogP contribution in [0.1, 0.15) is 24.2 Å². The normalized spacial score (nSPS) is 12.1. The van der Waals surface area contributed by atoms with Crippen LogP contribution >= 0.6 is 11.6 Å². The van der Waals surface area contributed by atoms with E-state index in [0.717, 1.165) is 0 Å². The molecule has 1 aromatic rings. The van der Waals surface area contributed by atoms with Crippen molar-refractivity contribution in [1.29, 1.82) is 0 Å². The number of hydrogen-bond donors (Lipinski definition) is 2. The zero-order valence-electron chi connectivity index (χ0n) is 11.1. The fourth-order valence-corrected chi connectivity index (χ4v) is 1.55. The number of nitrogens with one attached hydrogen (secondary N) is 1. The summed E-state index contributed by atoms with van der Waals surface area (Å²) in [5.74, 6) is -0.846. The lowest BCUT2D eigenvalue weighted by atomic mass is 10.0. The molecule has 0 aliphatic carbocycles. The molecule has 0 unspecified atom stereocenters. The van der Waals surface area contributed by atoms with Crippen LogP contribution in [0.25, 0.3) is 0 Å². The van der Waals surface area contributed by atoms with E-state index in [2.05, 4.69) is 10.1 Å². The Balaban J connectivity index is 2.94. The Labute approximate surface area is 117 Å². The Morgan fingerprint density at radius 1 is 1.37 bits per heavy atom. The Morgan fingerprint density at radius 2 is 2.00 bits per heavy atom. The van der Waals surface area contributed by atoms with Crippen LogP contribution in [0.15, 0.2) is 18.2 Å². The quantitative estimate of drug-likeness (QED) is 0.829. The Bertz CT molecular complexity index is 489. The van der Waals surface area contributed by atoms with E-state index in [4.69, 9.17) is 17.3 Å². The van der Waals surface area contributed by atoms with E-state index in [1.165, 1.54) is 25.3 Å². The molecule has 19 heavy (non-hydrogen) atoms. The summed E-state index contributed by atoms with van der Waals surface area (Å²) in [6, 6.07) is 3.85. The first kappa shape index (κ1) is 15.5. The first-order valence-electron chi connectivity index (χ1n) is 5.81. The van der Waals surface area contributed by atoms with Gasteiger partial charge in [-0.3, -0.25) is 4.79 Å². The number of methoxy groups -OCH3 is 1. The standard InChI is InChI=1S/C13H17ClN2O3/c1-7(2)11(15)12(17)16-10-6-8(13(18)19-3)4-5-9(10)14/h4-7,11H,15H2,1-3H3,(H,16,17)/t11-/m1/s1. The van der Waals surface area contributed by atoms with Gasteiger partial charge in [-0.2, -0.15) is 0 Å². The van der Waals surface area contributed by atoms with Gasteiger partial charge in [0.05, 0.1) is 29.4 Å². The SMILES string of the molecule is COC(=O)c1ccc(Cl)c(NC(=O)[C@H](N)C(C)C)c1. The smallest absolute Gasteiger partial charge is 0.337 e. The van der Waals surface area contributed by atoms with E-state index in [9.17, 15) is 9.59 Å². The molecule has 5 nitrogen and oxygen atoms in total. The highest BCUT2D eigenvalue weighted by molar-refractivity contribution is 6.33. The second-order valence-corrected chi connectivity index (χ2v) is 4.85. The fourth-order valence-electron chi connectivity index (χ4n) is 1.38. The van der Waals surface area contributed by atoms with Crippen LogP contribution in [0.5, 0.6) is 0 Å². The van der Waals surface area contributed by atoms with E-state index >= 15 is 0 Å². The second-order valence-electron chi connectivity index (χ2n) is 4.45. The molecule has 0 spiro atoms. The first-order chi connectivity index (χ1) is 8.86. The summed E-state index contributed by atoms with van der Waals surface area (Å²) in [5.41, 5.74) is 6.38. The fraction of sp³-hybridized carbons (Fsp3) is 0.385. The van der Waals surface area contributed by atoms with Crippen LogP contribution < -0.4 is 11.1 Å². The number of esters is 1.